The van der Waals surface area contributed by atoms with E-state index < -0.39 is 0 Å². The molecule has 0 aromatic rings. The van der Waals surface area contributed by atoms with Crippen molar-refractivity contribution in [1.82, 2.24) is 10.6 Å². The van der Waals surface area contributed by atoms with E-state index in [1.807, 2.05) is 6.92 Å². The lowest BCUT2D eigenvalue weighted by atomic mass is 9.86. The molecular formula is C12H24N2O2. The van der Waals surface area contributed by atoms with Crippen molar-refractivity contribution in [3.05, 3.63) is 0 Å². The first-order valence-electron chi connectivity index (χ1n) is 6.05. The molecule has 1 saturated heterocycles. The van der Waals surface area contributed by atoms with Gasteiger partial charge >= 0.3 is 0 Å². The Bertz CT molecular complexity index is 237. The second-order valence-corrected chi connectivity index (χ2v) is 5.56. The van der Waals surface area contributed by atoms with Crippen LogP contribution in [0.25, 0.3) is 0 Å². The van der Waals surface area contributed by atoms with Crippen molar-refractivity contribution in [1.29, 1.82) is 0 Å². The minimum absolute atomic E-state index is 0.0258. The molecule has 3 N–H and O–H groups in total. The minimum atomic E-state index is -0.0258. The minimum Gasteiger partial charge on any atom is -0.396 e. The van der Waals surface area contributed by atoms with Gasteiger partial charge in [0, 0.05) is 19.1 Å². The van der Waals surface area contributed by atoms with E-state index in [4.69, 9.17) is 5.11 Å². The number of nitrogens with one attached hydrogen (secondary N) is 2. The molecule has 0 aromatic carbocycles. The molecule has 1 aliphatic rings. The van der Waals surface area contributed by atoms with E-state index in [1.54, 1.807) is 0 Å². The third-order valence-electron chi connectivity index (χ3n) is 3.46. The van der Waals surface area contributed by atoms with Gasteiger partial charge < -0.3 is 15.7 Å². The maximum atomic E-state index is 11.8. The number of carbonyl (C=O) groups excluding carboxylic acids is 1. The predicted molar refractivity (Wildman–Crippen MR) is 64.0 cm³/mol. The van der Waals surface area contributed by atoms with Gasteiger partial charge in [-0.1, -0.05) is 20.8 Å². The predicted octanol–water partition coefficient (Wildman–Crippen LogP) is 0.367. The van der Waals surface area contributed by atoms with E-state index in [1.165, 1.54) is 0 Å². The van der Waals surface area contributed by atoms with Crippen LogP contribution in [0.3, 0.4) is 0 Å². The second kappa shape index (κ2) is 5.64. The number of amides is 1. The van der Waals surface area contributed by atoms with Crippen molar-refractivity contribution in [2.45, 2.75) is 27.2 Å². The van der Waals surface area contributed by atoms with E-state index in [0.717, 1.165) is 13.1 Å². The summed E-state index contributed by atoms with van der Waals surface area (Å²) in [5, 5.41) is 15.0. The summed E-state index contributed by atoms with van der Waals surface area (Å²) in [6.07, 6.45) is 0.715. The van der Waals surface area contributed by atoms with Gasteiger partial charge in [0.25, 0.3) is 0 Å². The van der Waals surface area contributed by atoms with Gasteiger partial charge in [-0.2, -0.15) is 0 Å². The van der Waals surface area contributed by atoms with Crippen LogP contribution in [0.1, 0.15) is 27.2 Å². The zero-order valence-electron chi connectivity index (χ0n) is 10.5. The van der Waals surface area contributed by atoms with Gasteiger partial charge in [0.15, 0.2) is 0 Å². The fourth-order valence-corrected chi connectivity index (χ4v) is 1.76. The Labute approximate surface area is 97.8 Å². The van der Waals surface area contributed by atoms with Gasteiger partial charge in [0.2, 0.25) is 5.91 Å². The van der Waals surface area contributed by atoms with Crippen LogP contribution >= 0.6 is 0 Å². The summed E-state index contributed by atoms with van der Waals surface area (Å²) in [4.78, 5) is 11.8. The van der Waals surface area contributed by atoms with Gasteiger partial charge in [-0.3, -0.25) is 4.79 Å². The Morgan fingerprint density at radius 3 is 2.62 bits per heavy atom. The fourth-order valence-electron chi connectivity index (χ4n) is 1.76. The molecule has 1 heterocycles. The molecule has 1 amide bonds. The highest BCUT2D eigenvalue weighted by Gasteiger charge is 2.29. The molecule has 1 rings (SSSR count). The summed E-state index contributed by atoms with van der Waals surface area (Å²) in [5.74, 6) is 0.713. The van der Waals surface area contributed by atoms with Gasteiger partial charge in [0.05, 0.1) is 0 Å². The second-order valence-electron chi connectivity index (χ2n) is 5.56. The number of carbonyl (C=O) groups is 1. The van der Waals surface area contributed by atoms with Crippen LogP contribution in [0, 0.1) is 17.3 Å². The van der Waals surface area contributed by atoms with Crippen LogP contribution < -0.4 is 10.6 Å². The van der Waals surface area contributed by atoms with Crippen LogP contribution in [0.15, 0.2) is 0 Å². The summed E-state index contributed by atoms with van der Waals surface area (Å²) in [6.45, 7) is 8.81. The quantitative estimate of drug-likeness (QED) is 0.615. The van der Waals surface area contributed by atoms with E-state index in [0.29, 0.717) is 18.9 Å². The molecule has 1 aliphatic heterocycles. The summed E-state index contributed by atoms with van der Waals surface area (Å²) in [7, 11) is 0. The highest BCUT2D eigenvalue weighted by molar-refractivity contribution is 5.78. The molecule has 0 bridgehead atoms. The Morgan fingerprint density at radius 1 is 1.56 bits per heavy atom. The first-order valence-corrected chi connectivity index (χ1v) is 6.05. The average Bonchev–Trinajstić information content (AvgIpc) is 2.11. The Kier molecular flexibility index (Phi) is 4.74. The summed E-state index contributed by atoms with van der Waals surface area (Å²) in [6, 6.07) is 0. The monoisotopic (exact) mass is 228 g/mol. The molecule has 0 aromatic heterocycles. The highest BCUT2D eigenvalue weighted by atomic mass is 16.3. The zero-order chi connectivity index (χ0) is 12.2. The van der Waals surface area contributed by atoms with E-state index in [9.17, 15) is 4.79 Å². The van der Waals surface area contributed by atoms with Gasteiger partial charge in [0.1, 0.15) is 0 Å². The van der Waals surface area contributed by atoms with E-state index >= 15 is 0 Å². The molecule has 1 unspecified atom stereocenters. The first-order chi connectivity index (χ1) is 7.46. The summed E-state index contributed by atoms with van der Waals surface area (Å²) < 4.78 is 0. The van der Waals surface area contributed by atoms with Crippen LogP contribution in [0.4, 0.5) is 0 Å². The standard InChI is InChI=1S/C12H24N2O2/c1-9(10-6-13-7-10)11(16)14-8-12(2,3)4-5-15/h9-10,13,15H,4-8H2,1-3H3,(H,14,16). The van der Waals surface area contributed by atoms with Crippen molar-refractivity contribution in [2.75, 3.05) is 26.2 Å². The van der Waals surface area contributed by atoms with Crippen LogP contribution in [-0.2, 0) is 4.79 Å². The Balaban J connectivity index is 2.28. The topological polar surface area (TPSA) is 61.4 Å². The van der Waals surface area contributed by atoms with Gasteiger partial charge in [-0.25, -0.2) is 0 Å². The maximum absolute atomic E-state index is 11.8. The number of hydrogen-bond acceptors (Lipinski definition) is 3. The molecule has 0 saturated carbocycles. The average molecular weight is 228 g/mol. The van der Waals surface area contributed by atoms with Crippen molar-refractivity contribution in [3.8, 4) is 0 Å². The third kappa shape index (κ3) is 3.76. The number of rotatable bonds is 6. The molecular weight excluding hydrogens is 204 g/mol. The molecule has 0 spiro atoms. The van der Waals surface area contributed by atoms with Crippen molar-refractivity contribution in [3.63, 3.8) is 0 Å². The normalized spacial score (nSPS) is 19.0. The molecule has 94 valence electrons. The van der Waals surface area contributed by atoms with Gasteiger partial charge in [-0.15, -0.1) is 0 Å². The largest absolute Gasteiger partial charge is 0.396 e. The molecule has 4 nitrogen and oxygen atoms in total. The lowest BCUT2D eigenvalue weighted by molar-refractivity contribution is -0.127. The van der Waals surface area contributed by atoms with Crippen LogP contribution in [0.5, 0.6) is 0 Å². The molecule has 1 fully saturated rings. The third-order valence-corrected chi connectivity index (χ3v) is 3.46. The number of hydrogen-bond donors (Lipinski definition) is 3. The SMILES string of the molecule is CC(C(=O)NCC(C)(C)CCO)C1CNC1. The Morgan fingerprint density at radius 2 is 2.19 bits per heavy atom. The first kappa shape index (κ1) is 13.5. The van der Waals surface area contributed by atoms with Gasteiger partial charge in [-0.05, 0) is 30.8 Å². The van der Waals surface area contributed by atoms with Crippen molar-refractivity contribution in [2.24, 2.45) is 17.3 Å². The smallest absolute Gasteiger partial charge is 0.223 e. The number of aliphatic hydroxyl groups excluding tert-OH is 1. The van der Waals surface area contributed by atoms with Crippen LogP contribution in [0.2, 0.25) is 0 Å². The molecule has 1 atom stereocenters. The van der Waals surface area contributed by atoms with Crippen molar-refractivity contribution >= 4 is 5.91 Å². The van der Waals surface area contributed by atoms with Crippen molar-refractivity contribution < 1.29 is 9.90 Å². The Hall–Kier alpha value is -0.610. The summed E-state index contributed by atoms with van der Waals surface area (Å²) in [5.41, 5.74) is -0.0258. The molecule has 0 radical (unpaired) electrons. The highest BCUT2D eigenvalue weighted by Crippen LogP contribution is 2.20. The fraction of sp³-hybridized carbons (Fsp3) is 0.917. The zero-order valence-corrected chi connectivity index (χ0v) is 10.5. The molecule has 16 heavy (non-hydrogen) atoms. The molecule has 0 aliphatic carbocycles. The maximum Gasteiger partial charge on any atom is 0.223 e. The lowest BCUT2D eigenvalue weighted by Gasteiger charge is -2.32. The van der Waals surface area contributed by atoms with E-state index in [2.05, 4.69) is 24.5 Å². The lowest BCUT2D eigenvalue weighted by Crippen LogP contribution is -2.50. The molecule has 4 heteroatoms. The van der Waals surface area contributed by atoms with E-state index in [-0.39, 0.29) is 23.8 Å². The van der Waals surface area contributed by atoms with Crippen LogP contribution in [-0.4, -0.2) is 37.3 Å². The summed E-state index contributed by atoms with van der Waals surface area (Å²) >= 11 is 0. The number of aliphatic hydroxyl groups is 1.